The molecule has 0 aromatic heterocycles. The maximum Gasteiger partial charge on any atom is 0.230 e. The molecule has 21 heavy (non-hydrogen) atoms. The van der Waals surface area contributed by atoms with Crippen molar-refractivity contribution in [1.82, 2.24) is 10.2 Å². The Labute approximate surface area is 127 Å². The van der Waals surface area contributed by atoms with Crippen LogP contribution in [0, 0.1) is 0 Å². The molecule has 1 aliphatic rings. The van der Waals surface area contributed by atoms with Crippen LogP contribution in [0.2, 0.25) is 0 Å². The molecule has 2 rings (SSSR count). The van der Waals surface area contributed by atoms with E-state index in [0.29, 0.717) is 12.6 Å². The van der Waals surface area contributed by atoms with Gasteiger partial charge in [0.05, 0.1) is 5.41 Å². The van der Waals surface area contributed by atoms with E-state index in [1.54, 1.807) is 0 Å². The summed E-state index contributed by atoms with van der Waals surface area (Å²) in [6.45, 7) is 9.10. The van der Waals surface area contributed by atoms with Crippen molar-refractivity contribution in [1.29, 1.82) is 0 Å². The summed E-state index contributed by atoms with van der Waals surface area (Å²) in [5, 5.41) is 3.10. The second-order valence-corrected chi connectivity index (χ2v) is 6.55. The predicted molar refractivity (Wildman–Crippen MR) is 87.2 cm³/mol. The van der Waals surface area contributed by atoms with E-state index in [-0.39, 0.29) is 5.91 Å². The maximum atomic E-state index is 12.5. The Bertz CT molecular complexity index is 475. The third-order valence-corrected chi connectivity index (χ3v) is 4.52. The number of nitrogens with zero attached hydrogens (tertiary/aromatic N) is 1. The Hall–Kier alpha value is -1.55. The smallest absolute Gasteiger partial charge is 0.230 e. The number of carbonyl (C=O) groups excluding carboxylic acids is 1. The molecule has 3 N–H and O–H groups in total. The van der Waals surface area contributed by atoms with Gasteiger partial charge in [-0.25, -0.2) is 0 Å². The van der Waals surface area contributed by atoms with Gasteiger partial charge in [0, 0.05) is 18.3 Å². The molecule has 1 heterocycles. The lowest BCUT2D eigenvalue weighted by molar-refractivity contribution is -0.125. The Balaban J connectivity index is 1.93. The van der Waals surface area contributed by atoms with Crippen LogP contribution in [0.3, 0.4) is 0 Å². The van der Waals surface area contributed by atoms with Crippen LogP contribution in [0.1, 0.15) is 39.2 Å². The zero-order valence-electron chi connectivity index (χ0n) is 13.4. The van der Waals surface area contributed by atoms with Crippen molar-refractivity contribution in [2.24, 2.45) is 0 Å². The number of nitrogen functional groups attached to an aromatic ring is 1. The van der Waals surface area contributed by atoms with Crippen LogP contribution in [0.5, 0.6) is 0 Å². The predicted octanol–water partition coefficient (Wildman–Crippen LogP) is 2.15. The van der Waals surface area contributed by atoms with Gasteiger partial charge in [-0.2, -0.15) is 0 Å². The number of carbonyl (C=O) groups is 1. The molecule has 4 nitrogen and oxygen atoms in total. The highest BCUT2D eigenvalue weighted by molar-refractivity contribution is 5.87. The van der Waals surface area contributed by atoms with E-state index >= 15 is 0 Å². The molecule has 1 amide bonds. The van der Waals surface area contributed by atoms with Crippen LogP contribution in [-0.4, -0.2) is 36.5 Å². The number of rotatable bonds is 5. The van der Waals surface area contributed by atoms with E-state index in [1.807, 2.05) is 38.1 Å². The van der Waals surface area contributed by atoms with Crippen LogP contribution in [-0.2, 0) is 10.2 Å². The van der Waals surface area contributed by atoms with E-state index in [2.05, 4.69) is 17.1 Å². The number of nitrogens with one attached hydrogen (secondary N) is 1. The number of hydrogen-bond acceptors (Lipinski definition) is 3. The topological polar surface area (TPSA) is 58.4 Å². The van der Waals surface area contributed by atoms with Crippen LogP contribution in [0.25, 0.3) is 0 Å². The minimum Gasteiger partial charge on any atom is -0.399 e. The van der Waals surface area contributed by atoms with E-state index in [9.17, 15) is 4.79 Å². The third-order valence-electron chi connectivity index (χ3n) is 4.52. The highest BCUT2D eigenvalue weighted by Crippen LogP contribution is 2.24. The second-order valence-electron chi connectivity index (χ2n) is 6.55. The average molecular weight is 289 g/mol. The van der Waals surface area contributed by atoms with Crippen molar-refractivity contribution in [3.05, 3.63) is 29.8 Å². The zero-order valence-corrected chi connectivity index (χ0v) is 13.4. The highest BCUT2D eigenvalue weighted by atomic mass is 16.2. The molecule has 1 saturated heterocycles. The molecule has 1 aromatic rings. The first-order valence-electron chi connectivity index (χ1n) is 7.79. The summed E-state index contributed by atoms with van der Waals surface area (Å²) in [5.41, 5.74) is 6.87. The normalized spacial score (nSPS) is 17.7. The quantitative estimate of drug-likeness (QED) is 0.817. The lowest BCUT2D eigenvalue weighted by Gasteiger charge is -2.28. The number of likely N-dealkylation sites (tertiary alicyclic amines) is 1. The number of nitrogens with two attached hydrogens (primary N) is 1. The first-order valence-corrected chi connectivity index (χ1v) is 7.79. The van der Waals surface area contributed by atoms with Crippen molar-refractivity contribution in [2.75, 3.05) is 25.4 Å². The monoisotopic (exact) mass is 289 g/mol. The first-order chi connectivity index (χ1) is 9.91. The zero-order chi connectivity index (χ0) is 15.5. The van der Waals surface area contributed by atoms with Gasteiger partial charge in [0.2, 0.25) is 5.91 Å². The van der Waals surface area contributed by atoms with Crippen LogP contribution >= 0.6 is 0 Å². The molecule has 0 radical (unpaired) electrons. The Morgan fingerprint density at radius 1 is 1.29 bits per heavy atom. The Morgan fingerprint density at radius 2 is 1.86 bits per heavy atom. The summed E-state index contributed by atoms with van der Waals surface area (Å²) in [6, 6.07) is 7.95. The fraction of sp³-hybridized carbons (Fsp3) is 0.588. The van der Waals surface area contributed by atoms with Gasteiger partial charge in [0.1, 0.15) is 0 Å². The second kappa shape index (κ2) is 6.48. The molecule has 4 heteroatoms. The number of benzene rings is 1. The van der Waals surface area contributed by atoms with Gasteiger partial charge in [-0.1, -0.05) is 12.1 Å². The van der Waals surface area contributed by atoms with Crippen LogP contribution in [0.4, 0.5) is 5.69 Å². The summed E-state index contributed by atoms with van der Waals surface area (Å²) >= 11 is 0. The summed E-state index contributed by atoms with van der Waals surface area (Å²) in [6.07, 6.45) is 2.55. The van der Waals surface area contributed by atoms with Crippen LogP contribution in [0.15, 0.2) is 24.3 Å². The summed E-state index contributed by atoms with van der Waals surface area (Å²) in [7, 11) is 0. The molecular formula is C17H27N3O. The van der Waals surface area contributed by atoms with Crippen molar-refractivity contribution in [3.63, 3.8) is 0 Å². The highest BCUT2D eigenvalue weighted by Gasteiger charge is 2.30. The van der Waals surface area contributed by atoms with E-state index in [0.717, 1.165) is 24.3 Å². The number of anilines is 1. The lowest BCUT2D eigenvalue weighted by atomic mass is 9.83. The standard InChI is InChI=1S/C17H27N3O/c1-13(20-10-4-5-11-20)12-19-16(21)17(2,3)14-6-8-15(18)9-7-14/h6-9,13H,4-5,10-12,18H2,1-3H3,(H,19,21). The van der Waals surface area contributed by atoms with Gasteiger partial charge in [-0.15, -0.1) is 0 Å². The fourth-order valence-electron chi connectivity index (χ4n) is 2.80. The summed E-state index contributed by atoms with van der Waals surface area (Å²) in [4.78, 5) is 14.9. The largest absolute Gasteiger partial charge is 0.399 e. The van der Waals surface area contributed by atoms with E-state index in [4.69, 9.17) is 5.73 Å². The molecule has 1 aliphatic heterocycles. The fourth-order valence-corrected chi connectivity index (χ4v) is 2.80. The summed E-state index contributed by atoms with van der Waals surface area (Å²) in [5.74, 6) is 0.0679. The molecule has 1 aromatic carbocycles. The molecule has 1 atom stereocenters. The molecule has 116 valence electrons. The van der Waals surface area contributed by atoms with Gasteiger partial charge in [0.25, 0.3) is 0 Å². The minimum atomic E-state index is -0.543. The Morgan fingerprint density at radius 3 is 2.43 bits per heavy atom. The SMILES string of the molecule is CC(CNC(=O)C(C)(C)c1ccc(N)cc1)N1CCCC1. The first kappa shape index (κ1) is 15.8. The molecule has 0 spiro atoms. The van der Waals surface area contributed by atoms with E-state index in [1.165, 1.54) is 12.8 Å². The molecular weight excluding hydrogens is 262 g/mol. The van der Waals surface area contributed by atoms with Crippen molar-refractivity contribution in [2.45, 2.75) is 45.1 Å². The van der Waals surface area contributed by atoms with Gasteiger partial charge >= 0.3 is 0 Å². The average Bonchev–Trinajstić information content (AvgIpc) is 2.99. The third kappa shape index (κ3) is 3.76. The number of hydrogen-bond donors (Lipinski definition) is 2. The van der Waals surface area contributed by atoms with Gasteiger partial charge in [-0.3, -0.25) is 9.69 Å². The minimum absolute atomic E-state index is 0.0679. The molecule has 0 saturated carbocycles. The van der Waals surface area contributed by atoms with Crippen molar-refractivity contribution >= 4 is 11.6 Å². The van der Waals surface area contributed by atoms with Gasteiger partial charge in [-0.05, 0) is 64.4 Å². The van der Waals surface area contributed by atoms with Gasteiger partial charge in [0.15, 0.2) is 0 Å². The van der Waals surface area contributed by atoms with Gasteiger partial charge < -0.3 is 11.1 Å². The maximum absolute atomic E-state index is 12.5. The molecule has 1 fully saturated rings. The number of amides is 1. The lowest BCUT2D eigenvalue weighted by Crippen LogP contribution is -2.46. The molecule has 0 bridgehead atoms. The Kier molecular flexibility index (Phi) is 4.88. The van der Waals surface area contributed by atoms with E-state index < -0.39 is 5.41 Å². The summed E-state index contributed by atoms with van der Waals surface area (Å²) < 4.78 is 0. The molecule has 0 aliphatic carbocycles. The van der Waals surface area contributed by atoms with Crippen molar-refractivity contribution in [3.8, 4) is 0 Å². The van der Waals surface area contributed by atoms with Crippen molar-refractivity contribution < 1.29 is 4.79 Å². The van der Waals surface area contributed by atoms with Crippen LogP contribution < -0.4 is 11.1 Å². The molecule has 1 unspecified atom stereocenters.